The molecule has 6 aromatic rings. The topological polar surface area (TPSA) is 6.48 Å². The van der Waals surface area contributed by atoms with E-state index < -0.39 is 0 Å². The molecule has 40 heavy (non-hydrogen) atoms. The van der Waals surface area contributed by atoms with Crippen molar-refractivity contribution in [2.75, 3.05) is 9.80 Å². The lowest BCUT2D eigenvalue weighted by atomic mass is 9.85. The van der Waals surface area contributed by atoms with E-state index in [9.17, 15) is 0 Å². The van der Waals surface area contributed by atoms with Crippen molar-refractivity contribution in [1.29, 1.82) is 0 Å². The predicted octanol–water partition coefficient (Wildman–Crippen LogP) is 10.4. The lowest BCUT2D eigenvalue weighted by Gasteiger charge is -2.31. The Labute approximate surface area is 236 Å². The Bertz CT molecular complexity index is 1650. The highest BCUT2D eigenvalue weighted by Crippen LogP contribution is 2.45. The summed E-state index contributed by atoms with van der Waals surface area (Å²) in [7, 11) is 0. The molecule has 0 unspecified atom stereocenters. The molecule has 0 spiro atoms. The third-order valence-corrected chi connectivity index (χ3v) is 7.72. The van der Waals surface area contributed by atoms with E-state index in [4.69, 9.17) is 0 Å². The first-order chi connectivity index (χ1) is 19.8. The molecular weight excluding hydrogens is 484 g/mol. The first kappa shape index (κ1) is 24.0. The largest absolute Gasteiger partial charge is 0.310 e. The van der Waals surface area contributed by atoms with E-state index in [1.165, 1.54) is 28.7 Å². The zero-order valence-corrected chi connectivity index (χ0v) is 22.3. The molecule has 7 rings (SSSR count). The van der Waals surface area contributed by atoms with Crippen LogP contribution in [0.25, 0.3) is 11.1 Å². The van der Waals surface area contributed by atoms with Crippen molar-refractivity contribution in [3.05, 3.63) is 169 Å². The van der Waals surface area contributed by atoms with Crippen LogP contribution < -0.4 is 9.80 Å². The molecule has 2 nitrogen and oxygen atoms in total. The summed E-state index contributed by atoms with van der Waals surface area (Å²) in [6.07, 6.45) is 2.33. The third kappa shape index (κ3) is 4.54. The highest BCUT2D eigenvalue weighted by molar-refractivity contribution is 5.92. The van der Waals surface area contributed by atoms with Gasteiger partial charge in [-0.1, -0.05) is 91.0 Å². The maximum Gasteiger partial charge on any atom is 0.0541 e. The molecule has 0 saturated carbocycles. The van der Waals surface area contributed by atoms with Gasteiger partial charge in [-0.25, -0.2) is 0 Å². The Morgan fingerprint density at radius 2 is 0.825 bits per heavy atom. The van der Waals surface area contributed by atoms with Gasteiger partial charge >= 0.3 is 0 Å². The summed E-state index contributed by atoms with van der Waals surface area (Å²) >= 11 is 0. The number of anilines is 6. The summed E-state index contributed by atoms with van der Waals surface area (Å²) in [5, 5.41) is 0. The maximum absolute atomic E-state index is 2.39. The van der Waals surface area contributed by atoms with Crippen molar-refractivity contribution in [2.24, 2.45) is 0 Å². The van der Waals surface area contributed by atoms with Gasteiger partial charge in [0.15, 0.2) is 0 Å². The van der Waals surface area contributed by atoms with Crippen LogP contribution in [0.15, 0.2) is 158 Å². The quantitative estimate of drug-likeness (QED) is 0.209. The molecule has 0 saturated heterocycles. The fraction of sp³-hybridized carbons (Fsp3) is 0.0526. The number of aryl methyl sites for hydroxylation is 2. The van der Waals surface area contributed by atoms with Crippen LogP contribution in [-0.2, 0) is 12.8 Å². The van der Waals surface area contributed by atoms with Crippen LogP contribution in [0.2, 0.25) is 0 Å². The van der Waals surface area contributed by atoms with Crippen molar-refractivity contribution in [3.63, 3.8) is 0 Å². The van der Waals surface area contributed by atoms with Crippen molar-refractivity contribution in [3.8, 4) is 11.1 Å². The Morgan fingerprint density at radius 3 is 1.27 bits per heavy atom. The number of fused-ring (bicyclic) bond motifs is 1. The Kier molecular flexibility index (Phi) is 6.35. The van der Waals surface area contributed by atoms with E-state index in [-0.39, 0.29) is 0 Å². The van der Waals surface area contributed by atoms with E-state index in [0.717, 1.165) is 40.5 Å². The second kappa shape index (κ2) is 10.6. The minimum absolute atomic E-state index is 1.12. The van der Waals surface area contributed by atoms with Crippen LogP contribution in [0.1, 0.15) is 11.1 Å². The average molecular weight is 515 g/mol. The van der Waals surface area contributed by atoms with Crippen LogP contribution in [0, 0.1) is 0 Å². The van der Waals surface area contributed by atoms with Gasteiger partial charge < -0.3 is 9.80 Å². The summed E-state index contributed by atoms with van der Waals surface area (Å²) in [5.74, 6) is 0. The van der Waals surface area contributed by atoms with E-state index in [2.05, 4.69) is 168 Å². The molecule has 0 radical (unpaired) electrons. The molecule has 0 fully saturated rings. The standard InChI is InChI=1S/C38H30N2/c1-5-13-32(14-6-1)39(33-15-7-2-8-16-33)36-25-26-38(37(28-36)31-24-22-29-21-23-30(29)27-31)40(34-17-9-3-10-18-34)35-19-11-4-12-20-35/h1-20,22,24-28H,21,23H2. The van der Waals surface area contributed by atoms with E-state index in [1.54, 1.807) is 0 Å². The molecule has 192 valence electrons. The van der Waals surface area contributed by atoms with Gasteiger partial charge in [0, 0.05) is 34.0 Å². The molecular formula is C38H30N2. The highest BCUT2D eigenvalue weighted by atomic mass is 15.2. The number of hydrogen-bond acceptors (Lipinski definition) is 2. The second-order valence-electron chi connectivity index (χ2n) is 10.2. The summed E-state index contributed by atoms with van der Waals surface area (Å²) in [6.45, 7) is 0. The van der Waals surface area contributed by atoms with Crippen LogP contribution >= 0.6 is 0 Å². The molecule has 1 aliphatic rings. The molecule has 0 bridgehead atoms. The van der Waals surface area contributed by atoms with Gasteiger partial charge in [0.05, 0.1) is 5.69 Å². The number of rotatable bonds is 7. The lowest BCUT2D eigenvalue weighted by molar-refractivity contribution is 0.840. The Balaban J connectivity index is 1.46. The number of hydrogen-bond donors (Lipinski definition) is 0. The zero-order valence-electron chi connectivity index (χ0n) is 22.3. The fourth-order valence-electron chi connectivity index (χ4n) is 5.63. The molecule has 0 aliphatic heterocycles. The number of benzene rings is 6. The van der Waals surface area contributed by atoms with Crippen molar-refractivity contribution >= 4 is 34.1 Å². The SMILES string of the molecule is c1ccc(N(c2ccccc2)c2ccc(N(c3ccccc3)c3ccccc3)c(-c3ccc4c(c3)CC4)c2)cc1. The molecule has 0 amide bonds. The molecule has 0 heterocycles. The van der Waals surface area contributed by atoms with Crippen LogP contribution in [0.5, 0.6) is 0 Å². The normalized spacial score (nSPS) is 11.8. The number of para-hydroxylation sites is 4. The highest BCUT2D eigenvalue weighted by Gasteiger charge is 2.22. The van der Waals surface area contributed by atoms with Gasteiger partial charge in [-0.2, -0.15) is 0 Å². The van der Waals surface area contributed by atoms with Crippen LogP contribution in [0.3, 0.4) is 0 Å². The van der Waals surface area contributed by atoms with E-state index in [1.807, 2.05) is 0 Å². The zero-order chi connectivity index (χ0) is 26.7. The monoisotopic (exact) mass is 514 g/mol. The fourth-order valence-corrected chi connectivity index (χ4v) is 5.63. The van der Waals surface area contributed by atoms with Gasteiger partial charge in [-0.3, -0.25) is 0 Å². The van der Waals surface area contributed by atoms with E-state index in [0.29, 0.717) is 0 Å². The van der Waals surface area contributed by atoms with Crippen LogP contribution in [0.4, 0.5) is 34.1 Å². The summed E-state index contributed by atoms with van der Waals surface area (Å²) in [4.78, 5) is 4.71. The minimum Gasteiger partial charge on any atom is -0.310 e. The number of nitrogens with zero attached hydrogens (tertiary/aromatic N) is 2. The molecule has 0 aromatic heterocycles. The molecule has 1 aliphatic carbocycles. The molecule has 2 heteroatoms. The van der Waals surface area contributed by atoms with Gasteiger partial charge in [-0.15, -0.1) is 0 Å². The molecule has 0 atom stereocenters. The smallest absolute Gasteiger partial charge is 0.0541 e. The Hall–Kier alpha value is -5.08. The van der Waals surface area contributed by atoms with Gasteiger partial charge in [0.25, 0.3) is 0 Å². The van der Waals surface area contributed by atoms with E-state index >= 15 is 0 Å². The van der Waals surface area contributed by atoms with Crippen molar-refractivity contribution < 1.29 is 0 Å². The average Bonchev–Trinajstić information content (AvgIpc) is 3.01. The van der Waals surface area contributed by atoms with Crippen LogP contribution in [-0.4, -0.2) is 0 Å². The first-order valence-corrected chi connectivity index (χ1v) is 13.9. The Morgan fingerprint density at radius 1 is 0.350 bits per heavy atom. The molecule has 0 N–H and O–H groups in total. The summed E-state index contributed by atoms with van der Waals surface area (Å²) < 4.78 is 0. The molecule has 6 aromatic carbocycles. The maximum atomic E-state index is 2.39. The first-order valence-electron chi connectivity index (χ1n) is 13.9. The predicted molar refractivity (Wildman–Crippen MR) is 169 cm³/mol. The summed E-state index contributed by atoms with van der Waals surface area (Å²) in [6, 6.07) is 56.4. The van der Waals surface area contributed by atoms with Gasteiger partial charge in [0.2, 0.25) is 0 Å². The van der Waals surface area contributed by atoms with Gasteiger partial charge in [-0.05, 0) is 96.3 Å². The second-order valence-corrected chi connectivity index (χ2v) is 10.2. The lowest BCUT2D eigenvalue weighted by Crippen LogP contribution is -2.14. The van der Waals surface area contributed by atoms with Crippen molar-refractivity contribution in [1.82, 2.24) is 0 Å². The minimum atomic E-state index is 1.12. The third-order valence-electron chi connectivity index (χ3n) is 7.72. The van der Waals surface area contributed by atoms with Gasteiger partial charge in [0.1, 0.15) is 0 Å². The van der Waals surface area contributed by atoms with Crippen molar-refractivity contribution in [2.45, 2.75) is 12.8 Å². The summed E-state index contributed by atoms with van der Waals surface area (Å²) in [5.41, 5.74) is 12.2.